The summed E-state index contributed by atoms with van der Waals surface area (Å²) >= 11 is 8.51. The van der Waals surface area contributed by atoms with Crippen LogP contribution in [-0.4, -0.2) is 38.8 Å². The molecule has 0 saturated heterocycles. The molecule has 0 fully saturated rings. The molecule has 1 aromatic carbocycles. The van der Waals surface area contributed by atoms with Crippen LogP contribution >= 0.6 is 34.3 Å². The third-order valence-electron chi connectivity index (χ3n) is 4.64. The lowest BCUT2D eigenvalue weighted by molar-refractivity contribution is 0.158. The average molecular weight is 519 g/mol. The van der Waals surface area contributed by atoms with Gasteiger partial charge in [0.25, 0.3) is 5.56 Å². The van der Waals surface area contributed by atoms with Gasteiger partial charge in [-0.3, -0.25) is 10.1 Å². The number of carbonyl (C=O) groups is 2. The standard InChI is InChI=1S/C21H19ClN6O4S2/c1-27(21(31)32-17-14-5-3-4-6-15(14)18(29)28(2)26-17)10-12-11-33-20(24-12)25-19(30)23-9-13-7-8-16(22)34-13/h3-8,11H,9-10H2,1-2H3,(H2,23,24,25,30). The van der Waals surface area contributed by atoms with Crippen molar-refractivity contribution in [1.29, 1.82) is 0 Å². The minimum atomic E-state index is -0.661. The quantitative estimate of drug-likeness (QED) is 0.397. The van der Waals surface area contributed by atoms with Gasteiger partial charge >= 0.3 is 12.1 Å². The Morgan fingerprint density at radius 1 is 1.21 bits per heavy atom. The van der Waals surface area contributed by atoms with Crippen LogP contribution in [0, 0.1) is 0 Å². The second-order valence-corrected chi connectivity index (χ2v) is 9.82. The summed E-state index contributed by atoms with van der Waals surface area (Å²) in [5.74, 6) is 0.0406. The van der Waals surface area contributed by atoms with E-state index in [0.717, 1.165) is 9.56 Å². The Balaban J connectivity index is 1.34. The molecule has 0 aliphatic heterocycles. The van der Waals surface area contributed by atoms with Gasteiger partial charge in [-0.1, -0.05) is 23.7 Å². The lowest BCUT2D eigenvalue weighted by Crippen LogP contribution is -2.31. The first kappa shape index (κ1) is 23.7. The van der Waals surface area contributed by atoms with Crippen LogP contribution in [0.15, 0.2) is 46.6 Å². The summed E-state index contributed by atoms with van der Waals surface area (Å²) in [5, 5.41) is 12.4. The van der Waals surface area contributed by atoms with Gasteiger partial charge in [0.2, 0.25) is 5.88 Å². The molecular formula is C21H19ClN6O4S2. The van der Waals surface area contributed by atoms with Crippen LogP contribution in [0.1, 0.15) is 10.6 Å². The number of benzene rings is 1. The monoisotopic (exact) mass is 518 g/mol. The zero-order valence-corrected chi connectivity index (χ0v) is 20.5. The van der Waals surface area contributed by atoms with E-state index >= 15 is 0 Å². The summed E-state index contributed by atoms with van der Waals surface area (Å²) in [5.41, 5.74) is 0.289. The van der Waals surface area contributed by atoms with Crippen LogP contribution < -0.4 is 20.9 Å². The fraction of sp³-hybridized carbons (Fsp3) is 0.190. The number of amides is 3. The highest BCUT2D eigenvalue weighted by atomic mass is 35.5. The Hall–Kier alpha value is -3.48. The fourth-order valence-electron chi connectivity index (χ4n) is 3.00. The number of aromatic nitrogens is 3. The van der Waals surface area contributed by atoms with Gasteiger partial charge in [0.1, 0.15) is 0 Å². The summed E-state index contributed by atoms with van der Waals surface area (Å²) in [6.45, 7) is 0.500. The number of hydrogen-bond acceptors (Lipinski definition) is 8. The molecule has 0 aliphatic rings. The predicted molar refractivity (Wildman–Crippen MR) is 132 cm³/mol. The van der Waals surface area contributed by atoms with Crippen molar-refractivity contribution in [2.45, 2.75) is 13.1 Å². The van der Waals surface area contributed by atoms with Crippen molar-refractivity contribution in [3.05, 3.63) is 67.0 Å². The number of nitrogens with one attached hydrogen (secondary N) is 2. The highest BCUT2D eigenvalue weighted by Gasteiger charge is 2.18. The number of anilines is 1. The number of urea groups is 1. The van der Waals surface area contributed by atoms with Gasteiger partial charge in [0.05, 0.1) is 33.9 Å². The maximum Gasteiger partial charge on any atom is 0.416 e. The molecule has 0 aliphatic carbocycles. The Morgan fingerprint density at radius 3 is 2.71 bits per heavy atom. The number of thiazole rings is 1. The molecule has 0 radical (unpaired) electrons. The Morgan fingerprint density at radius 2 is 1.97 bits per heavy atom. The highest BCUT2D eigenvalue weighted by Crippen LogP contribution is 2.22. The lowest BCUT2D eigenvalue weighted by Gasteiger charge is -2.16. The number of ether oxygens (including phenoxy) is 1. The number of aryl methyl sites for hydroxylation is 1. The van der Waals surface area contributed by atoms with Crippen molar-refractivity contribution in [2.75, 3.05) is 12.4 Å². The fourth-order valence-corrected chi connectivity index (χ4v) is 4.73. The van der Waals surface area contributed by atoms with E-state index in [9.17, 15) is 14.4 Å². The van der Waals surface area contributed by atoms with E-state index in [4.69, 9.17) is 16.3 Å². The molecule has 0 bridgehead atoms. The van der Waals surface area contributed by atoms with E-state index in [2.05, 4.69) is 20.7 Å². The zero-order valence-electron chi connectivity index (χ0n) is 18.1. The molecular weight excluding hydrogens is 500 g/mol. The van der Waals surface area contributed by atoms with E-state index in [-0.39, 0.29) is 18.0 Å². The van der Waals surface area contributed by atoms with Crippen LogP contribution in [0.25, 0.3) is 10.8 Å². The first-order chi connectivity index (χ1) is 16.3. The highest BCUT2D eigenvalue weighted by molar-refractivity contribution is 7.16. The van der Waals surface area contributed by atoms with Crippen LogP contribution in [0.2, 0.25) is 4.34 Å². The maximum absolute atomic E-state index is 12.6. The van der Waals surface area contributed by atoms with E-state index in [1.54, 1.807) is 42.8 Å². The predicted octanol–water partition coefficient (Wildman–Crippen LogP) is 4.06. The van der Waals surface area contributed by atoms with Gasteiger partial charge in [-0.05, 0) is 24.3 Å². The molecule has 4 aromatic rings. The third-order valence-corrected chi connectivity index (χ3v) is 6.68. The van der Waals surface area contributed by atoms with E-state index in [0.29, 0.717) is 32.5 Å². The summed E-state index contributed by atoms with van der Waals surface area (Å²) in [7, 11) is 3.04. The van der Waals surface area contributed by atoms with E-state index in [1.807, 2.05) is 6.07 Å². The van der Waals surface area contributed by atoms with Gasteiger partial charge in [0, 0.05) is 24.4 Å². The third kappa shape index (κ3) is 5.53. The maximum atomic E-state index is 12.6. The molecule has 2 N–H and O–H groups in total. The molecule has 0 atom stereocenters. The van der Waals surface area contributed by atoms with Crippen molar-refractivity contribution in [3.8, 4) is 5.88 Å². The smallest absolute Gasteiger partial charge is 0.389 e. The summed E-state index contributed by atoms with van der Waals surface area (Å²) in [4.78, 5) is 43.5. The largest absolute Gasteiger partial charge is 0.416 e. The topological polar surface area (TPSA) is 118 Å². The van der Waals surface area contributed by atoms with Crippen molar-refractivity contribution < 1.29 is 14.3 Å². The second-order valence-electron chi connectivity index (χ2n) is 7.16. The normalized spacial score (nSPS) is 10.8. The summed E-state index contributed by atoms with van der Waals surface area (Å²) in [6.07, 6.45) is -0.661. The van der Waals surface area contributed by atoms with E-state index < -0.39 is 12.1 Å². The Bertz CT molecular complexity index is 1420. The molecule has 10 nitrogen and oxygen atoms in total. The molecule has 0 saturated carbocycles. The Kier molecular flexibility index (Phi) is 7.10. The van der Waals surface area contributed by atoms with Crippen LogP contribution in [0.5, 0.6) is 5.88 Å². The first-order valence-corrected chi connectivity index (χ1v) is 12.0. The van der Waals surface area contributed by atoms with Crippen molar-refractivity contribution in [2.24, 2.45) is 7.05 Å². The molecule has 4 rings (SSSR count). The SMILES string of the molecule is CN(Cc1csc(NC(=O)NCc2ccc(Cl)s2)n1)C(=O)Oc1nn(C)c(=O)c2ccccc12. The number of halogens is 1. The summed E-state index contributed by atoms with van der Waals surface area (Å²) in [6, 6.07) is 10.0. The number of rotatable bonds is 6. The number of carbonyl (C=O) groups excluding carboxylic acids is 2. The number of nitrogens with zero attached hydrogens (tertiary/aromatic N) is 4. The van der Waals surface area contributed by atoms with Crippen molar-refractivity contribution in [3.63, 3.8) is 0 Å². The van der Waals surface area contributed by atoms with Crippen molar-refractivity contribution >= 4 is 62.3 Å². The zero-order chi connectivity index (χ0) is 24.2. The van der Waals surface area contributed by atoms with Gasteiger partial charge in [-0.25, -0.2) is 19.3 Å². The lowest BCUT2D eigenvalue weighted by atomic mass is 10.2. The number of fused-ring (bicyclic) bond motifs is 1. The minimum Gasteiger partial charge on any atom is -0.389 e. The second kappa shape index (κ2) is 10.2. The Labute approximate surface area is 206 Å². The molecule has 176 valence electrons. The number of hydrogen-bond donors (Lipinski definition) is 2. The molecule has 0 spiro atoms. The number of thiophene rings is 1. The van der Waals surface area contributed by atoms with Crippen LogP contribution in [0.4, 0.5) is 14.7 Å². The van der Waals surface area contributed by atoms with Crippen LogP contribution in [0.3, 0.4) is 0 Å². The molecule has 0 unspecified atom stereocenters. The van der Waals surface area contributed by atoms with Gasteiger partial charge in [-0.15, -0.1) is 27.8 Å². The van der Waals surface area contributed by atoms with Crippen LogP contribution in [-0.2, 0) is 20.1 Å². The van der Waals surface area contributed by atoms with Gasteiger partial charge in [0.15, 0.2) is 5.13 Å². The van der Waals surface area contributed by atoms with Gasteiger partial charge < -0.3 is 15.0 Å². The molecule has 3 amide bonds. The molecule has 3 heterocycles. The first-order valence-electron chi connectivity index (χ1n) is 9.92. The minimum absolute atomic E-state index is 0.0406. The summed E-state index contributed by atoms with van der Waals surface area (Å²) < 4.78 is 7.23. The molecule has 13 heteroatoms. The van der Waals surface area contributed by atoms with E-state index in [1.165, 1.54) is 34.6 Å². The molecule has 3 aromatic heterocycles. The van der Waals surface area contributed by atoms with Crippen molar-refractivity contribution in [1.82, 2.24) is 25.0 Å². The average Bonchev–Trinajstić information content (AvgIpc) is 3.44. The molecule has 34 heavy (non-hydrogen) atoms. The van der Waals surface area contributed by atoms with Gasteiger partial charge in [-0.2, -0.15) is 0 Å².